The summed E-state index contributed by atoms with van der Waals surface area (Å²) in [5, 5.41) is 2.77. The lowest BCUT2D eigenvalue weighted by atomic mass is 10.1. The molecule has 0 spiro atoms. The molecule has 2 atom stereocenters. The summed E-state index contributed by atoms with van der Waals surface area (Å²) < 4.78 is 17.2. The number of hydrogen-bond donors (Lipinski definition) is 1. The molecule has 1 fully saturated rings. The van der Waals surface area contributed by atoms with Gasteiger partial charge in [-0.1, -0.05) is 24.3 Å². The van der Waals surface area contributed by atoms with Crippen molar-refractivity contribution in [3.63, 3.8) is 0 Å². The minimum absolute atomic E-state index is 0.0511. The largest absolute Gasteiger partial charge is 0.485 e. The SMILES string of the molecule is O=C1Nc2ccccc2O[C@H]1CC(=O)N1CCN(C(=O)[C@H]2COc3ccccc3O2)CC1. The molecule has 1 N–H and O–H groups in total. The maximum absolute atomic E-state index is 12.9. The number of nitrogens with one attached hydrogen (secondary N) is 1. The van der Waals surface area contributed by atoms with Crippen molar-refractivity contribution in [3.05, 3.63) is 48.5 Å². The molecule has 2 aromatic rings. The van der Waals surface area contributed by atoms with E-state index in [0.29, 0.717) is 49.1 Å². The number of carbonyl (C=O) groups is 3. The number of amides is 3. The van der Waals surface area contributed by atoms with Crippen LogP contribution in [-0.4, -0.2) is 72.5 Å². The minimum Gasteiger partial charge on any atom is -0.485 e. The van der Waals surface area contributed by atoms with Crippen LogP contribution >= 0.6 is 0 Å². The van der Waals surface area contributed by atoms with Crippen molar-refractivity contribution in [3.8, 4) is 17.2 Å². The molecule has 0 aliphatic carbocycles. The highest BCUT2D eigenvalue weighted by molar-refractivity contribution is 6.00. The van der Waals surface area contributed by atoms with Gasteiger partial charge in [0.15, 0.2) is 17.6 Å². The fourth-order valence-corrected chi connectivity index (χ4v) is 4.04. The number of ether oxygens (including phenoxy) is 3. The highest BCUT2D eigenvalue weighted by Crippen LogP contribution is 2.32. The standard InChI is InChI=1S/C23H23N3O6/c27-21(13-19-22(28)24-15-5-1-2-6-16(15)31-19)25-9-11-26(12-10-25)23(29)20-14-30-17-7-3-4-8-18(17)32-20/h1-8,19-20H,9-14H2,(H,24,28)/t19-,20+/m0/s1. The summed E-state index contributed by atoms with van der Waals surface area (Å²) >= 11 is 0. The third kappa shape index (κ3) is 3.93. The monoisotopic (exact) mass is 437 g/mol. The number of para-hydroxylation sites is 4. The molecule has 3 heterocycles. The summed E-state index contributed by atoms with van der Waals surface area (Å²) in [6.45, 7) is 1.73. The summed E-state index contributed by atoms with van der Waals surface area (Å²) in [5.74, 6) is 1.07. The van der Waals surface area contributed by atoms with E-state index in [-0.39, 0.29) is 30.7 Å². The summed E-state index contributed by atoms with van der Waals surface area (Å²) in [7, 11) is 0. The zero-order valence-corrected chi connectivity index (χ0v) is 17.4. The molecule has 1 saturated heterocycles. The molecule has 3 aliphatic heterocycles. The lowest BCUT2D eigenvalue weighted by Crippen LogP contribution is -2.55. The van der Waals surface area contributed by atoms with E-state index in [1.165, 1.54) is 0 Å². The average Bonchev–Trinajstić information content (AvgIpc) is 2.84. The second-order valence-electron chi connectivity index (χ2n) is 7.87. The average molecular weight is 437 g/mol. The van der Waals surface area contributed by atoms with E-state index in [1.807, 2.05) is 18.2 Å². The van der Waals surface area contributed by atoms with Crippen LogP contribution in [0.25, 0.3) is 0 Å². The van der Waals surface area contributed by atoms with Gasteiger partial charge in [-0.25, -0.2) is 0 Å². The Kier molecular flexibility index (Phi) is 5.30. The van der Waals surface area contributed by atoms with Crippen LogP contribution in [0.1, 0.15) is 6.42 Å². The second-order valence-corrected chi connectivity index (χ2v) is 7.87. The van der Waals surface area contributed by atoms with Crippen LogP contribution in [0.15, 0.2) is 48.5 Å². The molecule has 166 valence electrons. The van der Waals surface area contributed by atoms with Gasteiger partial charge in [0.2, 0.25) is 12.0 Å². The Morgan fingerprint density at radius 2 is 1.53 bits per heavy atom. The van der Waals surface area contributed by atoms with Crippen molar-refractivity contribution in [2.24, 2.45) is 0 Å². The number of carbonyl (C=O) groups excluding carboxylic acids is 3. The molecule has 32 heavy (non-hydrogen) atoms. The molecular formula is C23H23N3O6. The van der Waals surface area contributed by atoms with E-state index in [4.69, 9.17) is 14.2 Å². The Morgan fingerprint density at radius 1 is 0.875 bits per heavy atom. The molecule has 9 nitrogen and oxygen atoms in total. The van der Waals surface area contributed by atoms with E-state index < -0.39 is 12.2 Å². The molecule has 0 bridgehead atoms. The van der Waals surface area contributed by atoms with Gasteiger partial charge in [0.05, 0.1) is 12.1 Å². The Hall–Kier alpha value is -3.75. The quantitative estimate of drug-likeness (QED) is 0.777. The van der Waals surface area contributed by atoms with Gasteiger partial charge >= 0.3 is 0 Å². The predicted molar refractivity (Wildman–Crippen MR) is 114 cm³/mol. The zero-order chi connectivity index (χ0) is 22.1. The number of nitrogens with zero attached hydrogens (tertiary/aromatic N) is 2. The van der Waals surface area contributed by atoms with Gasteiger partial charge in [-0.3, -0.25) is 14.4 Å². The first-order chi connectivity index (χ1) is 15.6. The van der Waals surface area contributed by atoms with Crippen LogP contribution in [0.3, 0.4) is 0 Å². The molecule has 2 aromatic carbocycles. The molecule has 0 unspecified atom stereocenters. The van der Waals surface area contributed by atoms with E-state index in [2.05, 4.69) is 5.32 Å². The summed E-state index contributed by atoms with van der Waals surface area (Å²) in [5.41, 5.74) is 0.602. The number of anilines is 1. The van der Waals surface area contributed by atoms with Crippen LogP contribution in [0.5, 0.6) is 17.2 Å². The molecule has 3 aliphatic rings. The number of hydrogen-bond acceptors (Lipinski definition) is 6. The van der Waals surface area contributed by atoms with E-state index in [0.717, 1.165) is 0 Å². The summed E-state index contributed by atoms with van der Waals surface area (Å²) in [6.07, 6.45) is -1.62. The third-order valence-corrected chi connectivity index (χ3v) is 5.79. The van der Waals surface area contributed by atoms with Gasteiger partial charge in [0.1, 0.15) is 12.4 Å². The van der Waals surface area contributed by atoms with Gasteiger partial charge in [0, 0.05) is 26.2 Å². The highest BCUT2D eigenvalue weighted by atomic mass is 16.6. The molecular weight excluding hydrogens is 414 g/mol. The number of rotatable bonds is 3. The van der Waals surface area contributed by atoms with Gasteiger partial charge < -0.3 is 29.3 Å². The van der Waals surface area contributed by atoms with E-state index >= 15 is 0 Å². The topological polar surface area (TPSA) is 97.4 Å². The first-order valence-electron chi connectivity index (χ1n) is 10.6. The molecule has 5 rings (SSSR count). The fourth-order valence-electron chi connectivity index (χ4n) is 4.04. The van der Waals surface area contributed by atoms with Crippen molar-refractivity contribution < 1.29 is 28.6 Å². The number of benzene rings is 2. The lowest BCUT2D eigenvalue weighted by molar-refractivity contribution is -0.147. The smallest absolute Gasteiger partial charge is 0.267 e. The van der Waals surface area contributed by atoms with Crippen molar-refractivity contribution >= 4 is 23.4 Å². The molecule has 0 aromatic heterocycles. The lowest BCUT2D eigenvalue weighted by Gasteiger charge is -2.37. The van der Waals surface area contributed by atoms with Crippen LogP contribution in [-0.2, 0) is 14.4 Å². The van der Waals surface area contributed by atoms with Crippen LogP contribution in [0.4, 0.5) is 5.69 Å². The number of fused-ring (bicyclic) bond motifs is 2. The Morgan fingerprint density at radius 3 is 2.31 bits per heavy atom. The van der Waals surface area contributed by atoms with Gasteiger partial charge in [0.25, 0.3) is 11.8 Å². The highest BCUT2D eigenvalue weighted by Gasteiger charge is 2.35. The van der Waals surface area contributed by atoms with Crippen LogP contribution in [0, 0.1) is 0 Å². The molecule has 9 heteroatoms. The van der Waals surface area contributed by atoms with Crippen LogP contribution in [0.2, 0.25) is 0 Å². The van der Waals surface area contributed by atoms with Crippen molar-refractivity contribution in [1.82, 2.24) is 9.80 Å². The predicted octanol–water partition coefficient (Wildman–Crippen LogP) is 1.29. The van der Waals surface area contributed by atoms with Crippen molar-refractivity contribution in [2.75, 3.05) is 38.1 Å². The van der Waals surface area contributed by atoms with E-state index in [9.17, 15) is 14.4 Å². The Bertz CT molecular complexity index is 1050. The fraction of sp³-hybridized carbons (Fsp3) is 0.348. The van der Waals surface area contributed by atoms with Gasteiger partial charge in [-0.2, -0.15) is 0 Å². The normalized spacial score (nSPS) is 21.8. The summed E-state index contributed by atoms with van der Waals surface area (Å²) in [6, 6.07) is 14.4. The van der Waals surface area contributed by atoms with Gasteiger partial charge in [-0.15, -0.1) is 0 Å². The van der Waals surface area contributed by atoms with Gasteiger partial charge in [-0.05, 0) is 24.3 Å². The molecule has 0 radical (unpaired) electrons. The maximum atomic E-state index is 12.9. The Labute approximate surface area is 184 Å². The van der Waals surface area contributed by atoms with Crippen molar-refractivity contribution in [1.29, 1.82) is 0 Å². The minimum atomic E-state index is -0.870. The first-order valence-corrected chi connectivity index (χ1v) is 10.6. The number of piperazine rings is 1. The molecule has 0 saturated carbocycles. The first kappa shape index (κ1) is 20.2. The Balaban J connectivity index is 1.14. The zero-order valence-electron chi connectivity index (χ0n) is 17.4. The van der Waals surface area contributed by atoms with E-state index in [1.54, 1.807) is 40.1 Å². The van der Waals surface area contributed by atoms with Crippen LogP contribution < -0.4 is 19.5 Å². The third-order valence-electron chi connectivity index (χ3n) is 5.79. The van der Waals surface area contributed by atoms with Crippen molar-refractivity contribution in [2.45, 2.75) is 18.6 Å². The summed E-state index contributed by atoms with van der Waals surface area (Å²) in [4.78, 5) is 41.3. The second kappa shape index (κ2) is 8.41. The maximum Gasteiger partial charge on any atom is 0.267 e. The molecule has 3 amide bonds.